The first-order valence-corrected chi connectivity index (χ1v) is 7.31. The average Bonchev–Trinajstić information content (AvgIpc) is 2.80. The van der Waals surface area contributed by atoms with Gasteiger partial charge in [-0.05, 0) is 12.8 Å². The highest BCUT2D eigenvalue weighted by Crippen LogP contribution is 2.30. The number of aromatic nitrogens is 1. The number of rotatable bonds is 3. The van der Waals surface area contributed by atoms with Crippen LogP contribution < -0.4 is 9.74 Å². The first-order valence-electron chi connectivity index (χ1n) is 5.91. The minimum absolute atomic E-state index is 0.190. The maximum atomic E-state index is 12.2. The predicted molar refractivity (Wildman–Crippen MR) is 65.7 cm³/mol. The molecule has 22 heavy (non-hydrogen) atoms. The van der Waals surface area contributed by atoms with Gasteiger partial charge in [0.05, 0.1) is 7.11 Å². The molecule has 0 unspecified atom stereocenters. The van der Waals surface area contributed by atoms with Gasteiger partial charge in [-0.25, -0.2) is 4.79 Å². The third kappa shape index (κ3) is 2.80. The number of pyridine rings is 1. The molecule has 0 radical (unpaired) electrons. The lowest BCUT2D eigenvalue weighted by Crippen LogP contribution is -2.30. The van der Waals surface area contributed by atoms with Gasteiger partial charge in [0.2, 0.25) is 0 Å². The van der Waals surface area contributed by atoms with Gasteiger partial charge in [0.15, 0.2) is 0 Å². The van der Waals surface area contributed by atoms with Crippen LogP contribution in [0.4, 0.5) is 13.2 Å². The molecule has 11 heteroatoms. The molecule has 1 aliphatic heterocycles. The largest absolute Gasteiger partial charge is 0.534 e. The Morgan fingerprint density at radius 3 is 2.55 bits per heavy atom. The first kappa shape index (κ1) is 16.3. The molecule has 1 aliphatic rings. The van der Waals surface area contributed by atoms with Crippen LogP contribution in [0.3, 0.4) is 0 Å². The van der Waals surface area contributed by atoms with Crippen LogP contribution in [0.15, 0.2) is 16.9 Å². The zero-order chi connectivity index (χ0) is 16.7. The van der Waals surface area contributed by atoms with Crippen molar-refractivity contribution in [1.29, 1.82) is 0 Å². The van der Waals surface area contributed by atoms with Crippen molar-refractivity contribution in [2.45, 2.75) is 24.4 Å². The van der Waals surface area contributed by atoms with Crippen molar-refractivity contribution in [3.63, 3.8) is 0 Å². The number of ether oxygens (including phenoxy) is 1. The zero-order valence-corrected chi connectivity index (χ0v) is 11.9. The predicted octanol–water partition coefficient (Wildman–Crippen LogP) is 0.737. The van der Waals surface area contributed by atoms with Gasteiger partial charge in [-0.3, -0.25) is 9.36 Å². The summed E-state index contributed by atoms with van der Waals surface area (Å²) in [5.74, 6) is -1.42. The number of aryl methyl sites for hydroxylation is 1. The third-order valence-corrected chi connectivity index (χ3v) is 4.05. The fourth-order valence-electron chi connectivity index (χ4n) is 2.15. The number of hydrogen-bond acceptors (Lipinski definition) is 6. The van der Waals surface area contributed by atoms with Crippen LogP contribution in [-0.2, 0) is 26.1 Å². The van der Waals surface area contributed by atoms with E-state index >= 15 is 0 Å². The van der Waals surface area contributed by atoms with E-state index in [-0.39, 0.29) is 18.5 Å². The summed E-state index contributed by atoms with van der Waals surface area (Å²) in [5.41, 5.74) is -6.26. The van der Waals surface area contributed by atoms with Crippen molar-refractivity contribution in [1.82, 2.24) is 4.57 Å². The van der Waals surface area contributed by atoms with Crippen LogP contribution in [0, 0.1) is 0 Å². The zero-order valence-electron chi connectivity index (χ0n) is 11.1. The number of fused-ring (bicyclic) bond motifs is 1. The Kier molecular flexibility index (Phi) is 3.94. The second-order valence-electron chi connectivity index (χ2n) is 4.45. The molecule has 7 nitrogen and oxygen atoms in total. The van der Waals surface area contributed by atoms with Crippen molar-refractivity contribution in [3.05, 3.63) is 28.2 Å². The maximum Gasteiger partial charge on any atom is 0.534 e. The monoisotopic (exact) mass is 341 g/mol. The normalized spacial score (nSPS) is 17.9. The Hall–Kier alpha value is -2.04. The van der Waals surface area contributed by atoms with Crippen molar-refractivity contribution >= 4 is 16.1 Å². The lowest BCUT2D eigenvalue weighted by Gasteiger charge is -2.13. The number of methoxy groups -OCH3 is 1. The summed E-state index contributed by atoms with van der Waals surface area (Å²) in [7, 11) is -4.72. The summed E-state index contributed by atoms with van der Waals surface area (Å²) in [6, 6.07) is 0.669. The molecule has 0 N–H and O–H groups in total. The smallest absolute Gasteiger partial charge is 0.467 e. The van der Waals surface area contributed by atoms with Crippen LogP contribution in [0.5, 0.6) is 5.75 Å². The molecule has 0 fully saturated rings. The summed E-state index contributed by atoms with van der Waals surface area (Å²) in [4.78, 5) is 23.4. The topological polar surface area (TPSA) is 91.7 Å². The average molecular weight is 341 g/mol. The first-order chi connectivity index (χ1) is 10.1. The molecule has 0 saturated carbocycles. The highest BCUT2D eigenvalue weighted by Gasteiger charge is 2.48. The van der Waals surface area contributed by atoms with Gasteiger partial charge in [0.1, 0.15) is 11.8 Å². The lowest BCUT2D eigenvalue weighted by atomic mass is 10.2. The van der Waals surface area contributed by atoms with E-state index in [0.717, 1.165) is 17.7 Å². The molecule has 0 spiro atoms. The second-order valence-corrected chi connectivity index (χ2v) is 5.99. The van der Waals surface area contributed by atoms with E-state index in [0.29, 0.717) is 6.07 Å². The molecular formula is C11H10F3NO6S. The maximum absolute atomic E-state index is 12.2. The molecular weight excluding hydrogens is 331 g/mol. The highest BCUT2D eigenvalue weighted by molar-refractivity contribution is 7.88. The van der Waals surface area contributed by atoms with Gasteiger partial charge in [-0.15, -0.1) is 0 Å². The number of alkyl halides is 3. The summed E-state index contributed by atoms with van der Waals surface area (Å²) in [6.07, 6.45) is 0.412. The Labute approximate surface area is 122 Å². The van der Waals surface area contributed by atoms with Gasteiger partial charge >= 0.3 is 21.6 Å². The van der Waals surface area contributed by atoms with E-state index in [1.807, 2.05) is 0 Å². The van der Waals surface area contributed by atoms with Crippen LogP contribution >= 0.6 is 0 Å². The van der Waals surface area contributed by atoms with Crippen molar-refractivity contribution in [2.75, 3.05) is 7.11 Å². The van der Waals surface area contributed by atoms with Crippen LogP contribution in [-0.4, -0.2) is 31.6 Å². The Morgan fingerprint density at radius 2 is 2.00 bits per heavy atom. The van der Waals surface area contributed by atoms with Gasteiger partial charge in [0.25, 0.3) is 5.56 Å². The molecule has 1 aromatic heterocycles. The van der Waals surface area contributed by atoms with E-state index in [9.17, 15) is 31.2 Å². The van der Waals surface area contributed by atoms with Gasteiger partial charge in [-0.2, -0.15) is 21.6 Å². The van der Waals surface area contributed by atoms with Crippen molar-refractivity contribution in [2.24, 2.45) is 0 Å². The van der Waals surface area contributed by atoms with Crippen LogP contribution in [0.25, 0.3) is 0 Å². The van der Waals surface area contributed by atoms with E-state index < -0.39 is 38.9 Å². The molecule has 0 saturated heterocycles. The Morgan fingerprint density at radius 1 is 1.36 bits per heavy atom. The van der Waals surface area contributed by atoms with Crippen molar-refractivity contribution < 1.29 is 35.3 Å². The number of halogens is 3. The number of hydrogen-bond donors (Lipinski definition) is 0. The number of carbonyl (C=O) groups excluding carboxylic acids is 1. The molecule has 122 valence electrons. The van der Waals surface area contributed by atoms with Gasteiger partial charge < -0.3 is 8.92 Å². The standard InChI is InChI=1S/C11H10F3NO6S/c1-20-10(17)8-3-2-6-4-7(5-9(16)15(6)8)21-22(18,19)11(12,13)14/h4-5,8H,2-3H2,1H3/t8-/m0/s1. The minimum Gasteiger partial charge on any atom is -0.467 e. The quantitative estimate of drug-likeness (QED) is 0.457. The van der Waals surface area contributed by atoms with Gasteiger partial charge in [0, 0.05) is 17.8 Å². The molecule has 0 aromatic carbocycles. The molecule has 0 bridgehead atoms. The van der Waals surface area contributed by atoms with E-state index in [4.69, 9.17) is 0 Å². The molecule has 0 amide bonds. The second kappa shape index (κ2) is 5.30. The fraction of sp³-hybridized carbons (Fsp3) is 0.455. The van der Waals surface area contributed by atoms with Crippen molar-refractivity contribution in [3.8, 4) is 5.75 Å². The molecule has 0 aliphatic carbocycles. The van der Waals surface area contributed by atoms with Crippen LogP contribution in [0.1, 0.15) is 18.2 Å². The van der Waals surface area contributed by atoms with Gasteiger partial charge in [-0.1, -0.05) is 0 Å². The summed E-state index contributed by atoms with van der Waals surface area (Å²) < 4.78 is 68.1. The summed E-state index contributed by atoms with van der Waals surface area (Å²) in [5, 5.41) is 0. The number of nitrogens with zero attached hydrogens (tertiary/aromatic N) is 1. The number of esters is 1. The summed E-state index contributed by atoms with van der Waals surface area (Å²) >= 11 is 0. The number of carbonyl (C=O) groups is 1. The summed E-state index contributed by atoms with van der Waals surface area (Å²) in [6.45, 7) is 0. The van der Waals surface area contributed by atoms with E-state index in [2.05, 4.69) is 8.92 Å². The Balaban J connectivity index is 2.40. The molecule has 1 atom stereocenters. The molecule has 1 aromatic rings. The third-order valence-electron chi connectivity index (χ3n) is 3.07. The lowest BCUT2D eigenvalue weighted by molar-refractivity contribution is -0.144. The fourth-order valence-corrected chi connectivity index (χ4v) is 2.59. The van der Waals surface area contributed by atoms with E-state index in [1.54, 1.807) is 0 Å². The minimum atomic E-state index is -5.86. The SMILES string of the molecule is COC(=O)[C@@H]1CCc2cc(OS(=O)(=O)C(F)(F)F)cc(=O)n21. The molecule has 2 heterocycles. The highest BCUT2D eigenvalue weighted by atomic mass is 32.2. The molecule has 2 rings (SSSR count). The Bertz CT molecular complexity index is 767. The van der Waals surface area contributed by atoms with E-state index in [1.165, 1.54) is 0 Å². The van der Waals surface area contributed by atoms with Crippen LogP contribution in [0.2, 0.25) is 0 Å².